The van der Waals surface area contributed by atoms with Crippen LogP contribution in [-0.2, 0) is 4.79 Å². The first-order valence-corrected chi connectivity index (χ1v) is 11.6. The van der Waals surface area contributed by atoms with E-state index in [-0.39, 0.29) is 17.4 Å². The molecular formula is C28H24ClN3O2. The van der Waals surface area contributed by atoms with Crippen molar-refractivity contribution in [3.63, 3.8) is 0 Å². The van der Waals surface area contributed by atoms with Crippen LogP contribution in [0, 0.1) is 12.3 Å². The number of Topliss-reactive ketones (excluding diaryl/α,β-unsaturated/α-hetero) is 1. The number of ketones is 1. The molecule has 0 saturated heterocycles. The van der Waals surface area contributed by atoms with Gasteiger partial charge in [0.25, 0.3) is 0 Å². The molecule has 0 saturated carbocycles. The number of aryl methyl sites for hydroxylation is 1. The van der Waals surface area contributed by atoms with E-state index < -0.39 is 5.92 Å². The van der Waals surface area contributed by atoms with Crippen LogP contribution >= 0.6 is 11.6 Å². The van der Waals surface area contributed by atoms with E-state index in [1.165, 1.54) is 0 Å². The SMILES string of the molecule is Cc1ccc(/C(O)=C2\C(=N)N(c3cccc(Cl)c3)C3=C(C(=O)CCC3)C2c2cccnc2)cc1. The second-order valence-corrected chi connectivity index (χ2v) is 9.09. The molecule has 1 unspecified atom stereocenters. The molecule has 0 amide bonds. The molecule has 0 bridgehead atoms. The Kier molecular flexibility index (Phi) is 5.80. The highest BCUT2D eigenvalue weighted by Gasteiger charge is 2.43. The van der Waals surface area contributed by atoms with Crippen molar-refractivity contribution < 1.29 is 9.90 Å². The van der Waals surface area contributed by atoms with Crippen molar-refractivity contribution in [1.29, 1.82) is 5.41 Å². The number of hydrogen-bond donors (Lipinski definition) is 2. The fourth-order valence-corrected chi connectivity index (χ4v) is 5.02. The van der Waals surface area contributed by atoms with Crippen LogP contribution in [0.4, 0.5) is 5.69 Å². The predicted molar refractivity (Wildman–Crippen MR) is 135 cm³/mol. The zero-order valence-corrected chi connectivity index (χ0v) is 19.5. The molecule has 1 aliphatic heterocycles. The summed E-state index contributed by atoms with van der Waals surface area (Å²) in [6, 6.07) is 18.5. The summed E-state index contributed by atoms with van der Waals surface area (Å²) in [6.45, 7) is 1.98. The molecule has 5 nitrogen and oxygen atoms in total. The van der Waals surface area contributed by atoms with Gasteiger partial charge >= 0.3 is 0 Å². The number of carbonyl (C=O) groups excluding carboxylic acids is 1. The van der Waals surface area contributed by atoms with Crippen LogP contribution in [0.3, 0.4) is 0 Å². The van der Waals surface area contributed by atoms with Crippen molar-refractivity contribution in [1.82, 2.24) is 4.98 Å². The first-order valence-electron chi connectivity index (χ1n) is 11.3. The van der Waals surface area contributed by atoms with Crippen LogP contribution in [0.2, 0.25) is 5.02 Å². The average molecular weight is 470 g/mol. The molecule has 6 heteroatoms. The number of rotatable bonds is 3. The molecule has 3 aromatic rings. The molecule has 170 valence electrons. The van der Waals surface area contributed by atoms with Crippen LogP contribution < -0.4 is 4.90 Å². The minimum atomic E-state index is -0.583. The van der Waals surface area contributed by atoms with E-state index in [9.17, 15) is 15.3 Å². The van der Waals surface area contributed by atoms with Crippen LogP contribution in [0.5, 0.6) is 0 Å². The van der Waals surface area contributed by atoms with Gasteiger partial charge in [0, 0.05) is 57.8 Å². The molecule has 1 aliphatic carbocycles. The lowest BCUT2D eigenvalue weighted by Crippen LogP contribution is -2.42. The summed E-state index contributed by atoms with van der Waals surface area (Å²) in [7, 11) is 0. The lowest BCUT2D eigenvalue weighted by atomic mass is 9.73. The topological polar surface area (TPSA) is 77.3 Å². The first kappa shape index (κ1) is 22.1. The summed E-state index contributed by atoms with van der Waals surface area (Å²) in [5.41, 5.74) is 4.91. The van der Waals surface area contributed by atoms with E-state index in [1.54, 1.807) is 29.4 Å². The predicted octanol–water partition coefficient (Wildman–Crippen LogP) is 6.60. The lowest BCUT2D eigenvalue weighted by molar-refractivity contribution is -0.116. The van der Waals surface area contributed by atoms with Gasteiger partial charge in [-0.15, -0.1) is 0 Å². The smallest absolute Gasteiger partial charge is 0.161 e. The number of aliphatic hydroxyl groups excluding tert-OH is 1. The van der Waals surface area contributed by atoms with Gasteiger partial charge in [0.2, 0.25) is 0 Å². The molecule has 2 heterocycles. The minimum absolute atomic E-state index is 0.0178. The van der Waals surface area contributed by atoms with Crippen LogP contribution in [0.25, 0.3) is 5.76 Å². The summed E-state index contributed by atoms with van der Waals surface area (Å²) in [6.07, 6.45) is 5.19. The summed E-state index contributed by atoms with van der Waals surface area (Å²) in [5.74, 6) is -0.442. The molecular weight excluding hydrogens is 446 g/mol. The highest BCUT2D eigenvalue weighted by molar-refractivity contribution is 6.31. The normalized spacial score (nSPS) is 19.8. The molecule has 0 radical (unpaired) electrons. The number of benzene rings is 2. The highest BCUT2D eigenvalue weighted by atomic mass is 35.5. The van der Waals surface area contributed by atoms with Crippen molar-refractivity contribution in [3.8, 4) is 0 Å². The zero-order chi connectivity index (χ0) is 23.8. The number of amidine groups is 1. The Morgan fingerprint density at radius 1 is 1.12 bits per heavy atom. The van der Waals surface area contributed by atoms with Gasteiger partial charge in [0.15, 0.2) is 5.78 Å². The summed E-state index contributed by atoms with van der Waals surface area (Å²) in [4.78, 5) is 19.4. The fraction of sp³-hybridized carbons (Fsp3) is 0.179. The van der Waals surface area contributed by atoms with Crippen molar-refractivity contribution in [3.05, 3.63) is 112 Å². The molecule has 1 aromatic heterocycles. The second-order valence-electron chi connectivity index (χ2n) is 8.65. The van der Waals surface area contributed by atoms with Gasteiger partial charge in [-0.2, -0.15) is 0 Å². The van der Waals surface area contributed by atoms with Gasteiger partial charge in [-0.05, 0) is 49.6 Å². The average Bonchev–Trinajstić information content (AvgIpc) is 2.84. The Morgan fingerprint density at radius 3 is 2.62 bits per heavy atom. The molecule has 2 N–H and O–H groups in total. The molecule has 34 heavy (non-hydrogen) atoms. The highest BCUT2D eigenvalue weighted by Crippen LogP contribution is 2.47. The van der Waals surface area contributed by atoms with Crippen LogP contribution in [-0.4, -0.2) is 21.7 Å². The summed E-state index contributed by atoms with van der Waals surface area (Å²) >= 11 is 6.30. The number of pyridine rings is 1. The van der Waals surface area contributed by atoms with E-state index in [0.29, 0.717) is 46.7 Å². The van der Waals surface area contributed by atoms with E-state index >= 15 is 0 Å². The van der Waals surface area contributed by atoms with Crippen molar-refractivity contribution >= 4 is 34.7 Å². The Hall–Kier alpha value is -3.70. The van der Waals surface area contributed by atoms with E-state index in [2.05, 4.69) is 4.98 Å². The number of hydrogen-bond acceptors (Lipinski definition) is 4. The van der Waals surface area contributed by atoms with Crippen molar-refractivity contribution in [2.24, 2.45) is 0 Å². The van der Waals surface area contributed by atoms with Crippen LogP contribution in [0.1, 0.15) is 41.9 Å². The van der Waals surface area contributed by atoms with Gasteiger partial charge in [0.1, 0.15) is 11.6 Å². The summed E-state index contributed by atoms with van der Waals surface area (Å²) < 4.78 is 0. The quantitative estimate of drug-likeness (QED) is 0.423. The van der Waals surface area contributed by atoms with Gasteiger partial charge in [0.05, 0.1) is 0 Å². The van der Waals surface area contributed by atoms with E-state index in [1.807, 2.05) is 55.5 Å². The van der Waals surface area contributed by atoms with Crippen molar-refractivity contribution in [2.45, 2.75) is 32.1 Å². The summed E-state index contributed by atoms with van der Waals surface area (Å²) in [5, 5.41) is 21.4. The van der Waals surface area contributed by atoms with Gasteiger partial charge in [-0.25, -0.2) is 0 Å². The molecule has 1 atom stereocenters. The number of allylic oxidation sites excluding steroid dienone is 2. The first-order chi connectivity index (χ1) is 16.5. The number of carbonyl (C=O) groups is 1. The Bertz CT molecular complexity index is 1340. The Balaban J connectivity index is 1.82. The second kappa shape index (κ2) is 8.92. The molecule has 2 aliphatic rings. The third kappa shape index (κ3) is 3.82. The number of anilines is 1. The maximum atomic E-state index is 13.4. The fourth-order valence-electron chi connectivity index (χ4n) is 4.84. The molecule has 0 spiro atoms. The van der Waals surface area contributed by atoms with Gasteiger partial charge in [-0.1, -0.05) is 53.6 Å². The number of aliphatic hydroxyl groups is 1. The molecule has 0 fully saturated rings. The van der Waals surface area contributed by atoms with Gasteiger partial charge in [-0.3, -0.25) is 20.1 Å². The van der Waals surface area contributed by atoms with Crippen LogP contribution in [0.15, 0.2) is 89.9 Å². The van der Waals surface area contributed by atoms with Gasteiger partial charge < -0.3 is 5.11 Å². The maximum absolute atomic E-state index is 13.4. The number of aromatic nitrogens is 1. The monoisotopic (exact) mass is 469 g/mol. The minimum Gasteiger partial charge on any atom is -0.507 e. The standard InChI is InChI=1S/C28H24ClN3O2/c1-17-10-12-18(13-11-17)27(34)26-24(19-5-4-14-31-16-19)25-22(8-3-9-23(25)33)32(28(26)30)21-7-2-6-20(29)15-21/h2,4-7,10-16,24,30,34H,3,8-9H2,1H3/b27-26+,30-28?. The third-order valence-electron chi connectivity index (χ3n) is 6.42. The lowest BCUT2D eigenvalue weighted by Gasteiger charge is -2.41. The molecule has 2 aromatic carbocycles. The van der Waals surface area contributed by atoms with E-state index in [4.69, 9.17) is 11.6 Å². The Labute approximate surface area is 203 Å². The third-order valence-corrected chi connectivity index (χ3v) is 6.65. The zero-order valence-electron chi connectivity index (χ0n) is 18.8. The number of halogens is 1. The van der Waals surface area contributed by atoms with Crippen molar-refractivity contribution in [2.75, 3.05) is 4.90 Å². The number of nitrogens with zero attached hydrogens (tertiary/aromatic N) is 2. The largest absolute Gasteiger partial charge is 0.507 e. The Morgan fingerprint density at radius 2 is 1.91 bits per heavy atom. The molecule has 5 rings (SSSR count). The van der Waals surface area contributed by atoms with E-state index in [0.717, 1.165) is 16.8 Å². The number of nitrogens with one attached hydrogen (secondary N) is 1. The maximum Gasteiger partial charge on any atom is 0.161 e.